The van der Waals surface area contributed by atoms with Crippen molar-refractivity contribution in [2.24, 2.45) is 5.92 Å². The molecule has 0 aromatic rings. The molecule has 94 valence electrons. The number of likely N-dealkylation sites (N-methyl/N-ethyl adjacent to an activating group) is 1. The lowest BCUT2D eigenvalue weighted by molar-refractivity contribution is -0.145. The highest BCUT2D eigenvalue weighted by Gasteiger charge is 2.19. The fraction of sp³-hybridized carbons (Fsp3) is 0.917. The Morgan fingerprint density at radius 2 is 2.31 bits per heavy atom. The summed E-state index contributed by atoms with van der Waals surface area (Å²) in [6.07, 6.45) is 3.85. The van der Waals surface area contributed by atoms with Gasteiger partial charge in [-0.05, 0) is 26.4 Å². The molecule has 16 heavy (non-hydrogen) atoms. The summed E-state index contributed by atoms with van der Waals surface area (Å²) in [4.78, 5) is 13.5. The summed E-state index contributed by atoms with van der Waals surface area (Å²) in [7, 11) is 3.51. The van der Waals surface area contributed by atoms with Crippen LogP contribution in [0.3, 0.4) is 0 Å². The Hall–Kier alpha value is -0.610. The first-order chi connectivity index (χ1) is 7.63. The second-order valence-corrected chi connectivity index (χ2v) is 4.79. The molecule has 0 aromatic heterocycles. The van der Waals surface area contributed by atoms with Gasteiger partial charge in [0.1, 0.15) is 0 Å². The van der Waals surface area contributed by atoms with Gasteiger partial charge in [0.05, 0.1) is 13.0 Å². The first-order valence-corrected chi connectivity index (χ1v) is 6.13. The number of hydrogen-bond acceptors (Lipinski definition) is 4. The maximum absolute atomic E-state index is 11.3. The minimum atomic E-state index is -0.122. The number of carbonyl (C=O) groups is 1. The van der Waals surface area contributed by atoms with Gasteiger partial charge in [0.25, 0.3) is 0 Å². The zero-order valence-corrected chi connectivity index (χ0v) is 10.7. The smallest absolute Gasteiger partial charge is 0.309 e. The number of ether oxygens (including phenoxy) is 1. The van der Waals surface area contributed by atoms with E-state index in [1.807, 2.05) is 6.92 Å². The van der Waals surface area contributed by atoms with Crippen LogP contribution in [0.25, 0.3) is 0 Å². The number of nitrogens with one attached hydrogen (secondary N) is 1. The van der Waals surface area contributed by atoms with Gasteiger partial charge in [0, 0.05) is 19.1 Å². The summed E-state index contributed by atoms with van der Waals surface area (Å²) >= 11 is 0. The molecule has 1 saturated heterocycles. The lowest BCUT2D eigenvalue weighted by atomic mass is 10.0. The Labute approximate surface area is 98.3 Å². The number of esters is 1. The third kappa shape index (κ3) is 4.49. The first kappa shape index (κ1) is 13.5. The average Bonchev–Trinajstić information content (AvgIpc) is 2.29. The molecule has 1 heterocycles. The molecule has 0 bridgehead atoms. The Kier molecular flexibility index (Phi) is 5.77. The van der Waals surface area contributed by atoms with Gasteiger partial charge in [-0.1, -0.05) is 13.3 Å². The molecule has 1 fully saturated rings. The molecule has 0 aromatic carbocycles. The molecule has 4 nitrogen and oxygen atoms in total. The Balaban J connectivity index is 2.23. The first-order valence-electron chi connectivity index (χ1n) is 6.13. The molecule has 1 aliphatic heterocycles. The average molecular weight is 228 g/mol. The fourth-order valence-electron chi connectivity index (χ4n) is 2.27. The number of methoxy groups -OCH3 is 1. The molecular formula is C12H24N2O2. The fourth-order valence-corrected chi connectivity index (χ4v) is 2.27. The molecule has 0 aliphatic carbocycles. The van der Waals surface area contributed by atoms with Crippen LogP contribution in [-0.2, 0) is 9.53 Å². The van der Waals surface area contributed by atoms with E-state index >= 15 is 0 Å². The van der Waals surface area contributed by atoms with E-state index in [4.69, 9.17) is 4.74 Å². The third-order valence-corrected chi connectivity index (χ3v) is 3.13. The minimum absolute atomic E-state index is 0.0430. The maximum Gasteiger partial charge on any atom is 0.309 e. The van der Waals surface area contributed by atoms with Crippen molar-refractivity contribution in [1.29, 1.82) is 0 Å². The monoisotopic (exact) mass is 228 g/mol. The molecule has 2 atom stereocenters. The molecule has 4 heteroatoms. The van der Waals surface area contributed by atoms with E-state index in [0.29, 0.717) is 6.04 Å². The second kappa shape index (κ2) is 6.86. The predicted octanol–water partition coefficient (Wildman–Crippen LogP) is 0.869. The van der Waals surface area contributed by atoms with Gasteiger partial charge >= 0.3 is 5.97 Å². The van der Waals surface area contributed by atoms with E-state index in [0.717, 1.165) is 19.6 Å². The van der Waals surface area contributed by atoms with Crippen LogP contribution in [0, 0.1) is 5.92 Å². The summed E-state index contributed by atoms with van der Waals surface area (Å²) < 4.78 is 4.72. The summed E-state index contributed by atoms with van der Waals surface area (Å²) in [6.45, 7) is 4.83. The van der Waals surface area contributed by atoms with Crippen LogP contribution in [0.2, 0.25) is 0 Å². The van der Waals surface area contributed by atoms with Gasteiger partial charge in [-0.15, -0.1) is 0 Å². The van der Waals surface area contributed by atoms with Crippen molar-refractivity contribution in [1.82, 2.24) is 10.2 Å². The largest absolute Gasteiger partial charge is 0.469 e. The van der Waals surface area contributed by atoms with Crippen molar-refractivity contribution in [3.05, 3.63) is 0 Å². The highest BCUT2D eigenvalue weighted by molar-refractivity contribution is 5.72. The number of nitrogens with zero attached hydrogens (tertiary/aromatic N) is 1. The van der Waals surface area contributed by atoms with Gasteiger partial charge in [0.15, 0.2) is 0 Å². The number of piperidine rings is 1. The van der Waals surface area contributed by atoms with Gasteiger partial charge in [0.2, 0.25) is 0 Å². The Morgan fingerprint density at radius 3 is 2.88 bits per heavy atom. The van der Waals surface area contributed by atoms with Crippen molar-refractivity contribution in [2.45, 2.75) is 32.2 Å². The SMILES string of the molecule is COC(=O)C(C)CN(C)CC1CCCCN1. The quantitative estimate of drug-likeness (QED) is 0.709. The third-order valence-electron chi connectivity index (χ3n) is 3.13. The van der Waals surface area contributed by atoms with E-state index < -0.39 is 0 Å². The maximum atomic E-state index is 11.3. The number of hydrogen-bond donors (Lipinski definition) is 1. The molecule has 0 amide bonds. The molecule has 1 rings (SSSR count). The topological polar surface area (TPSA) is 41.6 Å². The molecule has 0 spiro atoms. The predicted molar refractivity (Wildman–Crippen MR) is 64.3 cm³/mol. The van der Waals surface area contributed by atoms with Crippen molar-refractivity contribution in [2.75, 3.05) is 33.8 Å². The highest BCUT2D eigenvalue weighted by atomic mass is 16.5. The van der Waals surface area contributed by atoms with Crippen LogP contribution in [0.5, 0.6) is 0 Å². The van der Waals surface area contributed by atoms with Crippen LogP contribution in [0.4, 0.5) is 0 Å². The Bertz CT molecular complexity index is 215. The van der Waals surface area contributed by atoms with Gasteiger partial charge in [-0.25, -0.2) is 0 Å². The van der Waals surface area contributed by atoms with E-state index in [9.17, 15) is 4.79 Å². The summed E-state index contributed by atoms with van der Waals surface area (Å²) in [5, 5.41) is 3.51. The lowest BCUT2D eigenvalue weighted by Crippen LogP contribution is -2.44. The second-order valence-electron chi connectivity index (χ2n) is 4.79. The van der Waals surface area contributed by atoms with Crippen LogP contribution < -0.4 is 5.32 Å². The summed E-state index contributed by atoms with van der Waals surface area (Å²) in [5.41, 5.74) is 0. The zero-order valence-electron chi connectivity index (χ0n) is 10.7. The van der Waals surface area contributed by atoms with E-state index in [-0.39, 0.29) is 11.9 Å². The normalized spacial score (nSPS) is 23.1. The number of rotatable bonds is 5. The van der Waals surface area contributed by atoms with Crippen LogP contribution in [0.1, 0.15) is 26.2 Å². The molecule has 0 saturated carbocycles. The summed E-state index contributed by atoms with van der Waals surface area (Å²) in [6, 6.07) is 0.587. The van der Waals surface area contributed by atoms with Gasteiger partial charge < -0.3 is 15.0 Å². The van der Waals surface area contributed by atoms with Crippen molar-refractivity contribution in [3.8, 4) is 0 Å². The van der Waals surface area contributed by atoms with E-state index in [1.54, 1.807) is 0 Å². The van der Waals surface area contributed by atoms with Gasteiger partial charge in [-0.3, -0.25) is 4.79 Å². The van der Waals surface area contributed by atoms with Crippen LogP contribution in [-0.4, -0.2) is 50.7 Å². The Morgan fingerprint density at radius 1 is 1.56 bits per heavy atom. The minimum Gasteiger partial charge on any atom is -0.469 e. The van der Waals surface area contributed by atoms with Crippen LogP contribution in [0.15, 0.2) is 0 Å². The molecular weight excluding hydrogens is 204 g/mol. The van der Waals surface area contributed by atoms with E-state index in [2.05, 4.69) is 17.3 Å². The van der Waals surface area contributed by atoms with Crippen molar-refractivity contribution < 1.29 is 9.53 Å². The van der Waals surface area contributed by atoms with E-state index in [1.165, 1.54) is 26.4 Å². The molecule has 2 unspecified atom stereocenters. The van der Waals surface area contributed by atoms with Crippen LogP contribution >= 0.6 is 0 Å². The highest BCUT2D eigenvalue weighted by Crippen LogP contribution is 2.09. The van der Waals surface area contributed by atoms with Crippen molar-refractivity contribution >= 4 is 5.97 Å². The molecule has 0 radical (unpaired) electrons. The lowest BCUT2D eigenvalue weighted by Gasteiger charge is -2.29. The zero-order chi connectivity index (χ0) is 12.0. The molecule has 1 aliphatic rings. The summed E-state index contributed by atoms with van der Waals surface area (Å²) in [5.74, 6) is -0.165. The van der Waals surface area contributed by atoms with Crippen molar-refractivity contribution in [3.63, 3.8) is 0 Å². The van der Waals surface area contributed by atoms with Gasteiger partial charge in [-0.2, -0.15) is 0 Å². The molecule has 1 N–H and O–H groups in total. The number of carbonyl (C=O) groups excluding carboxylic acids is 1. The standard InChI is InChI=1S/C12H24N2O2/c1-10(12(15)16-3)8-14(2)9-11-6-4-5-7-13-11/h10-11,13H,4-9H2,1-3H3.